The molecule has 1 atom stereocenters. The van der Waals surface area contributed by atoms with E-state index in [-0.39, 0.29) is 11.5 Å². The van der Waals surface area contributed by atoms with Gasteiger partial charge >= 0.3 is 6.03 Å². The van der Waals surface area contributed by atoms with Gasteiger partial charge in [-0.15, -0.1) is 0 Å². The van der Waals surface area contributed by atoms with Crippen LogP contribution in [-0.2, 0) is 10.3 Å². The highest BCUT2D eigenvalue weighted by atomic mass is 19.3. The number of amides is 4. The Morgan fingerprint density at radius 2 is 1.75 bits per heavy atom. The molecule has 1 aromatic heterocycles. The minimum Gasteiger partial charge on any atom is -0.353 e. The van der Waals surface area contributed by atoms with Crippen molar-refractivity contribution in [3.05, 3.63) is 58.8 Å². The van der Waals surface area contributed by atoms with E-state index in [1.807, 2.05) is 30.7 Å². The number of hydrogen-bond acceptors (Lipinski definition) is 5. The number of alkyl halides is 2. The number of rotatable bonds is 4. The number of aromatic nitrogens is 1. The number of halogens is 2. The van der Waals surface area contributed by atoms with Gasteiger partial charge < -0.3 is 15.1 Å². The summed E-state index contributed by atoms with van der Waals surface area (Å²) in [7, 11) is 0. The zero-order valence-corrected chi connectivity index (χ0v) is 17.7. The van der Waals surface area contributed by atoms with E-state index in [1.165, 1.54) is 24.3 Å². The molecule has 168 valence electrons. The Morgan fingerprint density at radius 1 is 1.09 bits per heavy atom. The highest BCUT2D eigenvalue weighted by Gasteiger charge is 2.55. The van der Waals surface area contributed by atoms with Gasteiger partial charge in [0.2, 0.25) is 5.54 Å². The molecule has 0 bridgehead atoms. The average molecular weight is 443 g/mol. The topological polar surface area (TPSA) is 94.6 Å². The molecule has 0 aliphatic carbocycles. The van der Waals surface area contributed by atoms with Crippen LogP contribution in [0, 0.1) is 13.8 Å². The Kier molecular flexibility index (Phi) is 5.53. The van der Waals surface area contributed by atoms with E-state index in [0.717, 1.165) is 16.9 Å². The van der Waals surface area contributed by atoms with Gasteiger partial charge in [0.1, 0.15) is 5.82 Å². The van der Waals surface area contributed by atoms with Gasteiger partial charge in [-0.3, -0.25) is 14.9 Å². The van der Waals surface area contributed by atoms with Gasteiger partial charge in [-0.25, -0.2) is 18.6 Å². The molecular formula is C22H23F2N5O3. The van der Waals surface area contributed by atoms with Crippen LogP contribution in [0.1, 0.15) is 27.0 Å². The predicted octanol–water partition coefficient (Wildman–Crippen LogP) is 1.96. The lowest BCUT2D eigenvalue weighted by atomic mass is 9.89. The lowest BCUT2D eigenvalue weighted by Crippen LogP contribution is -2.50. The average Bonchev–Trinajstić information content (AvgIpc) is 3.08. The van der Waals surface area contributed by atoms with Gasteiger partial charge in [-0.1, -0.05) is 18.2 Å². The van der Waals surface area contributed by atoms with Crippen molar-refractivity contribution < 1.29 is 23.2 Å². The van der Waals surface area contributed by atoms with Gasteiger partial charge in [0.05, 0.1) is 0 Å². The molecule has 2 fully saturated rings. The SMILES string of the molecule is Cc1cnc(N2CCN(C(=O)c3ccc(C4(C(F)F)NC(=O)NC4=O)cc3)CC2)c(C)c1. The van der Waals surface area contributed by atoms with E-state index in [4.69, 9.17) is 0 Å². The van der Waals surface area contributed by atoms with Crippen LogP contribution < -0.4 is 15.5 Å². The molecule has 0 spiro atoms. The smallest absolute Gasteiger partial charge is 0.322 e. The summed E-state index contributed by atoms with van der Waals surface area (Å²) in [5.41, 5.74) is -0.0503. The first-order chi connectivity index (χ1) is 15.2. The first kappa shape index (κ1) is 21.7. The molecule has 8 nitrogen and oxygen atoms in total. The molecule has 0 radical (unpaired) electrons. The van der Waals surface area contributed by atoms with E-state index in [1.54, 1.807) is 4.90 Å². The maximum atomic E-state index is 13.7. The van der Waals surface area contributed by atoms with Crippen LogP contribution in [0.4, 0.5) is 19.4 Å². The quantitative estimate of drug-likeness (QED) is 0.705. The molecule has 2 aliphatic heterocycles. The summed E-state index contributed by atoms with van der Waals surface area (Å²) in [5.74, 6) is -0.440. The van der Waals surface area contributed by atoms with E-state index in [9.17, 15) is 23.2 Å². The Morgan fingerprint density at radius 3 is 2.28 bits per heavy atom. The fourth-order valence-electron chi connectivity index (χ4n) is 4.17. The molecule has 4 amide bonds. The maximum absolute atomic E-state index is 13.7. The van der Waals surface area contributed by atoms with Crippen LogP contribution in [0.25, 0.3) is 0 Å². The summed E-state index contributed by atoms with van der Waals surface area (Å²) in [6.07, 6.45) is -1.33. The number of aryl methyl sites for hydroxylation is 2. The lowest BCUT2D eigenvalue weighted by Gasteiger charge is -2.36. The fourth-order valence-corrected chi connectivity index (χ4v) is 4.17. The normalized spacial score (nSPS) is 21.0. The van der Waals surface area contributed by atoms with Crippen LogP contribution in [-0.4, -0.2) is 60.3 Å². The third-order valence-corrected chi connectivity index (χ3v) is 5.86. The maximum Gasteiger partial charge on any atom is 0.322 e. The number of nitrogens with zero attached hydrogens (tertiary/aromatic N) is 3. The van der Waals surface area contributed by atoms with E-state index < -0.39 is 23.9 Å². The van der Waals surface area contributed by atoms with Crippen LogP contribution in [0.3, 0.4) is 0 Å². The highest BCUT2D eigenvalue weighted by Crippen LogP contribution is 2.32. The summed E-state index contributed by atoms with van der Waals surface area (Å²) in [6.45, 7) is 6.24. The van der Waals surface area contributed by atoms with Crippen LogP contribution >= 0.6 is 0 Å². The second kappa shape index (κ2) is 8.18. The number of piperazine rings is 1. The molecule has 2 aromatic rings. The molecule has 1 unspecified atom stereocenters. The zero-order valence-electron chi connectivity index (χ0n) is 17.7. The number of benzene rings is 1. The Hall–Kier alpha value is -3.56. The van der Waals surface area contributed by atoms with Gasteiger partial charge in [0.15, 0.2) is 0 Å². The van der Waals surface area contributed by atoms with Crippen LogP contribution in [0.2, 0.25) is 0 Å². The van der Waals surface area contributed by atoms with Crippen molar-refractivity contribution in [2.45, 2.75) is 25.8 Å². The van der Waals surface area contributed by atoms with Crippen molar-refractivity contribution in [1.29, 1.82) is 0 Å². The summed E-state index contributed by atoms with van der Waals surface area (Å²) in [4.78, 5) is 44.7. The standard InChI is InChI=1S/C22H23F2N5O3/c1-13-11-14(2)17(25-12-13)28-7-9-29(10-8-28)18(30)15-3-5-16(6-4-15)22(19(23)24)20(31)26-21(32)27-22/h3-6,11-12,19H,7-10H2,1-2H3,(H2,26,27,31,32). The van der Waals surface area contributed by atoms with E-state index in [2.05, 4.69) is 16.0 Å². The van der Waals surface area contributed by atoms with Gasteiger partial charge in [0.25, 0.3) is 18.2 Å². The van der Waals surface area contributed by atoms with Gasteiger partial charge in [-0.2, -0.15) is 0 Å². The zero-order chi connectivity index (χ0) is 23.0. The third kappa shape index (κ3) is 3.65. The van der Waals surface area contributed by atoms with Crippen molar-refractivity contribution in [2.75, 3.05) is 31.1 Å². The summed E-state index contributed by atoms with van der Waals surface area (Å²) in [5, 5.41) is 3.86. The van der Waals surface area contributed by atoms with Crippen molar-refractivity contribution in [3.63, 3.8) is 0 Å². The number of imide groups is 1. The van der Waals surface area contributed by atoms with Crippen LogP contribution in [0.5, 0.6) is 0 Å². The number of hydrogen-bond donors (Lipinski definition) is 2. The third-order valence-electron chi connectivity index (χ3n) is 5.86. The Labute approximate surface area is 183 Å². The second-order valence-electron chi connectivity index (χ2n) is 8.03. The molecule has 10 heteroatoms. The van der Waals surface area contributed by atoms with Gasteiger partial charge in [0, 0.05) is 37.9 Å². The second-order valence-corrected chi connectivity index (χ2v) is 8.03. The lowest BCUT2D eigenvalue weighted by molar-refractivity contribution is -0.130. The number of urea groups is 1. The molecule has 2 aliphatic rings. The number of carbonyl (C=O) groups is 3. The number of nitrogens with one attached hydrogen (secondary N) is 2. The van der Waals surface area contributed by atoms with Crippen molar-refractivity contribution in [3.8, 4) is 0 Å². The molecule has 4 rings (SSSR count). The van der Waals surface area contributed by atoms with E-state index in [0.29, 0.717) is 31.7 Å². The summed E-state index contributed by atoms with van der Waals surface area (Å²) >= 11 is 0. The monoisotopic (exact) mass is 443 g/mol. The summed E-state index contributed by atoms with van der Waals surface area (Å²) < 4.78 is 27.4. The molecule has 2 saturated heterocycles. The largest absolute Gasteiger partial charge is 0.353 e. The van der Waals surface area contributed by atoms with Crippen molar-refractivity contribution in [2.24, 2.45) is 0 Å². The number of pyridine rings is 1. The Bertz CT molecular complexity index is 1070. The first-order valence-electron chi connectivity index (χ1n) is 10.2. The Balaban J connectivity index is 1.46. The summed E-state index contributed by atoms with van der Waals surface area (Å²) in [6, 6.07) is 6.45. The molecular weight excluding hydrogens is 420 g/mol. The molecule has 2 N–H and O–H groups in total. The molecule has 3 heterocycles. The van der Waals surface area contributed by atoms with Crippen molar-refractivity contribution >= 4 is 23.7 Å². The highest BCUT2D eigenvalue weighted by molar-refractivity contribution is 6.08. The predicted molar refractivity (Wildman–Crippen MR) is 113 cm³/mol. The minimum atomic E-state index is -3.15. The molecule has 0 saturated carbocycles. The van der Waals surface area contributed by atoms with Gasteiger partial charge in [-0.05, 0) is 42.7 Å². The number of anilines is 1. The van der Waals surface area contributed by atoms with E-state index >= 15 is 0 Å². The fraction of sp³-hybridized carbons (Fsp3) is 0.364. The number of carbonyl (C=O) groups excluding carboxylic acids is 3. The van der Waals surface area contributed by atoms with Crippen LogP contribution in [0.15, 0.2) is 36.5 Å². The minimum absolute atomic E-state index is 0.0851. The molecule has 32 heavy (non-hydrogen) atoms. The molecule has 1 aromatic carbocycles. The first-order valence-corrected chi connectivity index (χ1v) is 10.2. The van der Waals surface area contributed by atoms with Crippen molar-refractivity contribution in [1.82, 2.24) is 20.5 Å².